The fraction of sp³-hybridized carbons (Fsp3) is 0. The van der Waals surface area contributed by atoms with Gasteiger partial charge in [-0.15, -0.1) is 11.3 Å². The molecule has 0 aliphatic heterocycles. The van der Waals surface area contributed by atoms with Gasteiger partial charge in [-0.05, 0) is 24.3 Å². The number of amides is 1. The molecule has 35 heavy (non-hydrogen) atoms. The summed E-state index contributed by atoms with van der Waals surface area (Å²) in [7, 11) is -4.36. The number of carbonyl (C=O) groups is 1. The number of benzene rings is 3. The number of hydrogen-bond acceptors (Lipinski definition) is 5. The number of rotatable bonds is 6. The molecule has 1 amide bonds. The van der Waals surface area contributed by atoms with Crippen molar-refractivity contribution in [3.05, 3.63) is 112 Å². The molecule has 6 nitrogen and oxygen atoms in total. The van der Waals surface area contributed by atoms with Gasteiger partial charge in [0, 0.05) is 11.1 Å². The Morgan fingerprint density at radius 3 is 1.94 bits per heavy atom. The summed E-state index contributed by atoms with van der Waals surface area (Å²) in [6.07, 6.45) is 0. The number of sulfonamides is 1. The van der Waals surface area contributed by atoms with Crippen LogP contribution in [0.4, 0.5) is 0 Å². The summed E-state index contributed by atoms with van der Waals surface area (Å²) in [4.78, 5) is 13.0. The standard InChI is InChI=1S/C26H18ClN3O3S2/c27-22-17-16-21(34-22)26(31)29-35(32,33)25-23(18-10-4-1-5-11-18)28-30(20-14-8-3-9-15-20)24(25)19-12-6-2-7-13-19/h1-17H,(H,29,31). The molecule has 5 rings (SSSR count). The van der Waals surface area contributed by atoms with Gasteiger partial charge in [0.15, 0.2) is 0 Å². The molecule has 0 radical (unpaired) electrons. The zero-order chi connectivity index (χ0) is 24.4. The fourth-order valence-electron chi connectivity index (χ4n) is 3.71. The highest BCUT2D eigenvalue weighted by Crippen LogP contribution is 2.37. The molecule has 0 saturated carbocycles. The van der Waals surface area contributed by atoms with Crippen LogP contribution in [0.15, 0.2) is 108 Å². The molecule has 0 aliphatic carbocycles. The Morgan fingerprint density at radius 1 is 0.800 bits per heavy atom. The number of para-hydroxylation sites is 1. The predicted molar refractivity (Wildman–Crippen MR) is 138 cm³/mol. The molecule has 0 spiro atoms. The molecule has 0 saturated heterocycles. The van der Waals surface area contributed by atoms with E-state index in [9.17, 15) is 13.2 Å². The highest BCUT2D eigenvalue weighted by atomic mass is 35.5. The summed E-state index contributed by atoms with van der Waals surface area (Å²) in [6, 6.07) is 30.4. The molecule has 9 heteroatoms. The first-order chi connectivity index (χ1) is 16.9. The summed E-state index contributed by atoms with van der Waals surface area (Å²) in [6.45, 7) is 0. The summed E-state index contributed by atoms with van der Waals surface area (Å²) in [5, 5.41) is 4.75. The maximum absolute atomic E-state index is 13.8. The maximum atomic E-state index is 13.8. The van der Waals surface area contributed by atoms with Gasteiger partial charge in [-0.1, -0.05) is 90.5 Å². The van der Waals surface area contributed by atoms with E-state index in [0.29, 0.717) is 26.8 Å². The Kier molecular flexibility index (Phi) is 6.25. The second-order valence-corrected chi connectivity index (χ2v) is 10.9. The molecule has 5 aromatic rings. The van der Waals surface area contributed by atoms with E-state index in [-0.39, 0.29) is 15.5 Å². The van der Waals surface area contributed by atoms with Gasteiger partial charge in [0.1, 0.15) is 10.6 Å². The quantitative estimate of drug-likeness (QED) is 0.296. The molecule has 0 aliphatic rings. The molecule has 3 aromatic carbocycles. The lowest BCUT2D eigenvalue weighted by Crippen LogP contribution is -2.30. The van der Waals surface area contributed by atoms with Crippen molar-refractivity contribution in [2.75, 3.05) is 0 Å². The van der Waals surface area contributed by atoms with E-state index in [1.807, 2.05) is 78.9 Å². The van der Waals surface area contributed by atoms with Gasteiger partial charge >= 0.3 is 0 Å². The van der Waals surface area contributed by atoms with Crippen molar-refractivity contribution < 1.29 is 13.2 Å². The minimum atomic E-state index is -4.36. The van der Waals surface area contributed by atoms with Crippen LogP contribution in [0.2, 0.25) is 4.34 Å². The zero-order valence-electron chi connectivity index (χ0n) is 18.1. The summed E-state index contributed by atoms with van der Waals surface area (Å²) < 4.78 is 31.9. The van der Waals surface area contributed by atoms with Crippen molar-refractivity contribution in [2.45, 2.75) is 4.90 Å². The smallest absolute Gasteiger partial charge is 0.267 e. The lowest BCUT2D eigenvalue weighted by atomic mass is 10.1. The van der Waals surface area contributed by atoms with Crippen LogP contribution in [0.25, 0.3) is 28.2 Å². The highest BCUT2D eigenvalue weighted by molar-refractivity contribution is 7.90. The van der Waals surface area contributed by atoms with E-state index >= 15 is 0 Å². The van der Waals surface area contributed by atoms with E-state index in [4.69, 9.17) is 16.7 Å². The van der Waals surface area contributed by atoms with Gasteiger partial charge in [-0.25, -0.2) is 17.8 Å². The maximum Gasteiger partial charge on any atom is 0.275 e. The number of nitrogens with one attached hydrogen (secondary N) is 1. The molecule has 1 N–H and O–H groups in total. The van der Waals surface area contributed by atoms with Gasteiger partial charge in [-0.3, -0.25) is 4.79 Å². The minimum absolute atomic E-state index is 0.0882. The molecule has 0 atom stereocenters. The highest BCUT2D eigenvalue weighted by Gasteiger charge is 2.32. The molecule has 0 bridgehead atoms. The number of hydrogen-bond donors (Lipinski definition) is 1. The second-order valence-electron chi connectivity index (χ2n) is 7.54. The topological polar surface area (TPSA) is 81.1 Å². The van der Waals surface area contributed by atoms with Crippen LogP contribution in [0.5, 0.6) is 0 Å². The third kappa shape index (κ3) is 4.64. The van der Waals surface area contributed by atoms with Crippen molar-refractivity contribution in [3.63, 3.8) is 0 Å². The SMILES string of the molecule is O=C(NS(=O)(=O)c1c(-c2ccccc2)nn(-c2ccccc2)c1-c1ccccc1)c1ccc(Cl)s1. The molecule has 0 fully saturated rings. The van der Waals surface area contributed by atoms with Crippen molar-refractivity contribution in [1.82, 2.24) is 14.5 Å². The van der Waals surface area contributed by atoms with Gasteiger partial charge in [-0.2, -0.15) is 5.10 Å². The second kappa shape index (κ2) is 9.50. The van der Waals surface area contributed by atoms with Gasteiger partial charge in [0.25, 0.3) is 15.9 Å². The van der Waals surface area contributed by atoms with Crippen molar-refractivity contribution in [3.8, 4) is 28.2 Å². The molecule has 0 unspecified atom stereocenters. The van der Waals surface area contributed by atoms with E-state index in [1.54, 1.807) is 22.9 Å². The van der Waals surface area contributed by atoms with Crippen LogP contribution in [0.1, 0.15) is 9.67 Å². The molecular formula is C26H18ClN3O3S2. The molecule has 174 valence electrons. The lowest BCUT2D eigenvalue weighted by molar-refractivity contribution is 0.0985. The number of halogens is 1. The van der Waals surface area contributed by atoms with E-state index in [1.165, 1.54) is 6.07 Å². The van der Waals surface area contributed by atoms with Crippen molar-refractivity contribution >= 4 is 38.9 Å². The minimum Gasteiger partial charge on any atom is -0.267 e. The Balaban J connectivity index is 1.78. The lowest BCUT2D eigenvalue weighted by Gasteiger charge is -2.11. The van der Waals surface area contributed by atoms with E-state index in [2.05, 4.69) is 4.72 Å². The number of nitrogens with zero attached hydrogens (tertiary/aromatic N) is 2. The Labute approximate surface area is 211 Å². The first-order valence-electron chi connectivity index (χ1n) is 10.6. The Hall–Kier alpha value is -3.72. The van der Waals surface area contributed by atoms with Crippen molar-refractivity contribution in [1.29, 1.82) is 0 Å². The third-order valence-electron chi connectivity index (χ3n) is 5.23. The number of aromatic nitrogens is 2. The normalized spacial score (nSPS) is 11.3. The zero-order valence-corrected chi connectivity index (χ0v) is 20.5. The fourth-order valence-corrected chi connectivity index (χ4v) is 6.04. The molecule has 2 heterocycles. The first kappa shape index (κ1) is 23.0. The summed E-state index contributed by atoms with van der Waals surface area (Å²) in [5.74, 6) is -0.757. The van der Waals surface area contributed by atoms with Gasteiger partial charge < -0.3 is 0 Å². The van der Waals surface area contributed by atoms with Gasteiger partial charge in [0.2, 0.25) is 0 Å². The number of thiophene rings is 1. The Morgan fingerprint density at radius 2 is 1.37 bits per heavy atom. The summed E-state index contributed by atoms with van der Waals surface area (Å²) in [5.41, 5.74) is 2.50. The molecule has 2 aromatic heterocycles. The van der Waals surface area contributed by atoms with Crippen molar-refractivity contribution in [2.24, 2.45) is 0 Å². The van der Waals surface area contributed by atoms with E-state index < -0.39 is 15.9 Å². The average Bonchev–Trinajstić information content (AvgIpc) is 3.50. The van der Waals surface area contributed by atoms with Crippen LogP contribution >= 0.6 is 22.9 Å². The van der Waals surface area contributed by atoms with Crippen LogP contribution in [0.3, 0.4) is 0 Å². The number of carbonyl (C=O) groups excluding carboxylic acids is 1. The molecular weight excluding hydrogens is 502 g/mol. The van der Waals surface area contributed by atoms with Crippen LogP contribution in [-0.4, -0.2) is 24.1 Å². The Bertz CT molecular complexity index is 1600. The van der Waals surface area contributed by atoms with E-state index in [0.717, 1.165) is 11.3 Å². The average molecular weight is 520 g/mol. The largest absolute Gasteiger partial charge is 0.275 e. The monoisotopic (exact) mass is 519 g/mol. The first-order valence-corrected chi connectivity index (χ1v) is 13.2. The van der Waals surface area contributed by atoms with Crippen LogP contribution < -0.4 is 4.72 Å². The van der Waals surface area contributed by atoms with Gasteiger partial charge in [0.05, 0.1) is 20.6 Å². The van der Waals surface area contributed by atoms with Crippen LogP contribution in [-0.2, 0) is 10.0 Å². The third-order valence-corrected chi connectivity index (χ3v) is 7.84. The van der Waals surface area contributed by atoms with Crippen LogP contribution in [0, 0.1) is 0 Å². The summed E-state index contributed by atoms with van der Waals surface area (Å²) >= 11 is 6.95. The predicted octanol–water partition coefficient (Wildman–Crippen LogP) is 6.04.